The molecule has 0 N–H and O–H groups in total. The molecule has 0 radical (unpaired) electrons. The SMILES string of the molecule is CC(C)(C)C(F)(F)c1ccc(C#N)cc1. The number of halogens is 2. The first-order chi connectivity index (χ1) is 6.79. The van der Waals surface area contributed by atoms with Crippen molar-refractivity contribution in [1.29, 1.82) is 5.26 Å². The van der Waals surface area contributed by atoms with E-state index in [4.69, 9.17) is 5.26 Å². The summed E-state index contributed by atoms with van der Waals surface area (Å²) < 4.78 is 27.6. The monoisotopic (exact) mass is 209 g/mol. The van der Waals surface area contributed by atoms with E-state index in [9.17, 15) is 8.78 Å². The van der Waals surface area contributed by atoms with Crippen LogP contribution in [0.5, 0.6) is 0 Å². The zero-order valence-electron chi connectivity index (χ0n) is 9.01. The Morgan fingerprint density at radius 1 is 1.07 bits per heavy atom. The summed E-state index contributed by atoms with van der Waals surface area (Å²) in [5.74, 6) is -2.89. The minimum absolute atomic E-state index is 0.0472. The Balaban J connectivity index is 3.13. The molecule has 0 heterocycles. The van der Waals surface area contributed by atoms with Gasteiger partial charge in [0.05, 0.1) is 11.6 Å². The minimum Gasteiger partial charge on any atom is -0.201 e. The molecule has 0 bridgehead atoms. The van der Waals surface area contributed by atoms with E-state index in [2.05, 4.69) is 0 Å². The number of rotatable bonds is 1. The van der Waals surface area contributed by atoms with Crippen LogP contribution >= 0.6 is 0 Å². The first-order valence-corrected chi connectivity index (χ1v) is 4.67. The Bertz CT molecular complexity index is 380. The molecule has 0 saturated heterocycles. The lowest BCUT2D eigenvalue weighted by Crippen LogP contribution is -2.31. The maximum absolute atomic E-state index is 13.8. The number of benzene rings is 1. The van der Waals surface area contributed by atoms with E-state index in [1.807, 2.05) is 6.07 Å². The van der Waals surface area contributed by atoms with Gasteiger partial charge in [-0.05, 0) is 12.1 Å². The summed E-state index contributed by atoms with van der Waals surface area (Å²) in [6.45, 7) is 4.47. The van der Waals surface area contributed by atoms with Crippen molar-refractivity contribution in [2.24, 2.45) is 5.41 Å². The van der Waals surface area contributed by atoms with Crippen LogP contribution in [-0.4, -0.2) is 0 Å². The van der Waals surface area contributed by atoms with E-state index in [0.29, 0.717) is 5.56 Å². The molecule has 1 nitrogen and oxygen atoms in total. The summed E-state index contributed by atoms with van der Waals surface area (Å²) in [4.78, 5) is 0. The molecule has 80 valence electrons. The van der Waals surface area contributed by atoms with Crippen LogP contribution in [0.1, 0.15) is 31.9 Å². The lowest BCUT2D eigenvalue weighted by molar-refractivity contribution is -0.104. The van der Waals surface area contributed by atoms with Crippen LogP contribution < -0.4 is 0 Å². The summed E-state index contributed by atoms with van der Waals surface area (Å²) in [7, 11) is 0. The van der Waals surface area contributed by atoms with E-state index in [-0.39, 0.29) is 5.56 Å². The highest BCUT2D eigenvalue weighted by Crippen LogP contribution is 2.44. The van der Waals surface area contributed by atoms with Gasteiger partial charge < -0.3 is 0 Å². The van der Waals surface area contributed by atoms with Gasteiger partial charge in [-0.25, -0.2) is 8.78 Å². The van der Waals surface area contributed by atoms with Crippen molar-refractivity contribution in [2.45, 2.75) is 26.7 Å². The van der Waals surface area contributed by atoms with Crippen molar-refractivity contribution >= 4 is 0 Å². The van der Waals surface area contributed by atoms with Gasteiger partial charge in [-0.2, -0.15) is 5.26 Å². The van der Waals surface area contributed by atoms with Gasteiger partial charge in [0.2, 0.25) is 0 Å². The lowest BCUT2D eigenvalue weighted by Gasteiger charge is -2.30. The van der Waals surface area contributed by atoms with Crippen molar-refractivity contribution in [3.05, 3.63) is 35.4 Å². The fourth-order valence-corrected chi connectivity index (χ4v) is 1.19. The topological polar surface area (TPSA) is 23.8 Å². The highest BCUT2D eigenvalue weighted by molar-refractivity contribution is 5.33. The van der Waals surface area contributed by atoms with Crippen molar-refractivity contribution in [3.63, 3.8) is 0 Å². The van der Waals surface area contributed by atoms with Crippen LogP contribution in [0.4, 0.5) is 8.78 Å². The summed E-state index contributed by atoms with van der Waals surface area (Å²) in [6.07, 6.45) is 0. The van der Waals surface area contributed by atoms with Gasteiger partial charge in [-0.3, -0.25) is 0 Å². The number of nitriles is 1. The van der Waals surface area contributed by atoms with Gasteiger partial charge in [-0.1, -0.05) is 32.9 Å². The molecule has 0 fully saturated rings. The standard InChI is InChI=1S/C12H13F2N/c1-11(2,3)12(13,14)10-6-4-9(8-15)5-7-10/h4-7H,1-3H3. The maximum Gasteiger partial charge on any atom is 0.277 e. The van der Waals surface area contributed by atoms with Gasteiger partial charge in [0, 0.05) is 11.0 Å². The van der Waals surface area contributed by atoms with E-state index >= 15 is 0 Å². The maximum atomic E-state index is 13.8. The largest absolute Gasteiger partial charge is 0.277 e. The minimum atomic E-state index is -2.89. The van der Waals surface area contributed by atoms with Gasteiger partial charge >= 0.3 is 0 Å². The Morgan fingerprint density at radius 2 is 1.53 bits per heavy atom. The normalized spacial score (nSPS) is 12.3. The smallest absolute Gasteiger partial charge is 0.201 e. The molecule has 1 rings (SSSR count). The van der Waals surface area contributed by atoms with Gasteiger partial charge in [0.25, 0.3) is 5.92 Å². The number of hydrogen-bond acceptors (Lipinski definition) is 1. The van der Waals surface area contributed by atoms with E-state index in [1.54, 1.807) is 0 Å². The van der Waals surface area contributed by atoms with Gasteiger partial charge in [-0.15, -0.1) is 0 Å². The van der Waals surface area contributed by atoms with Crippen LogP contribution in [0.2, 0.25) is 0 Å². The van der Waals surface area contributed by atoms with Gasteiger partial charge in [0.15, 0.2) is 0 Å². The van der Waals surface area contributed by atoms with Crippen LogP contribution in [0, 0.1) is 16.7 Å². The molecule has 0 aromatic heterocycles. The predicted octanol–water partition coefficient (Wildman–Crippen LogP) is 3.70. The molecular weight excluding hydrogens is 196 g/mol. The molecule has 1 aromatic rings. The Labute approximate surface area is 88.3 Å². The molecule has 0 saturated carbocycles. The molecule has 0 aliphatic rings. The highest BCUT2D eigenvalue weighted by atomic mass is 19.3. The van der Waals surface area contributed by atoms with Crippen molar-refractivity contribution in [1.82, 2.24) is 0 Å². The summed E-state index contributed by atoms with van der Waals surface area (Å²) in [5.41, 5.74) is -0.779. The molecule has 1 aromatic carbocycles. The quantitative estimate of drug-likeness (QED) is 0.691. The average molecular weight is 209 g/mol. The number of alkyl halides is 2. The van der Waals surface area contributed by atoms with Crippen molar-refractivity contribution < 1.29 is 8.78 Å². The van der Waals surface area contributed by atoms with Crippen LogP contribution in [0.25, 0.3) is 0 Å². The molecule has 15 heavy (non-hydrogen) atoms. The Kier molecular flexibility index (Phi) is 2.81. The first-order valence-electron chi connectivity index (χ1n) is 4.67. The third-order valence-electron chi connectivity index (χ3n) is 2.32. The van der Waals surface area contributed by atoms with Crippen LogP contribution in [-0.2, 0) is 5.92 Å². The Morgan fingerprint density at radius 3 is 1.87 bits per heavy atom. The summed E-state index contributed by atoms with van der Waals surface area (Å²) >= 11 is 0. The molecule has 0 unspecified atom stereocenters. The number of nitrogens with zero attached hydrogens (tertiary/aromatic N) is 1. The van der Waals surface area contributed by atoms with Gasteiger partial charge in [0.1, 0.15) is 0 Å². The van der Waals surface area contributed by atoms with Crippen LogP contribution in [0.15, 0.2) is 24.3 Å². The van der Waals surface area contributed by atoms with Crippen molar-refractivity contribution in [3.8, 4) is 6.07 Å². The lowest BCUT2D eigenvalue weighted by atomic mass is 9.83. The average Bonchev–Trinajstić information content (AvgIpc) is 2.16. The first kappa shape index (κ1) is 11.6. The summed E-state index contributed by atoms with van der Waals surface area (Å²) in [5, 5.41) is 8.55. The second kappa shape index (κ2) is 3.62. The van der Waals surface area contributed by atoms with E-state index in [1.165, 1.54) is 45.0 Å². The predicted molar refractivity (Wildman–Crippen MR) is 54.5 cm³/mol. The molecule has 3 heteroatoms. The van der Waals surface area contributed by atoms with Crippen molar-refractivity contribution in [2.75, 3.05) is 0 Å². The third kappa shape index (κ3) is 2.15. The zero-order chi connectivity index (χ0) is 11.7. The zero-order valence-corrected chi connectivity index (χ0v) is 9.01. The second-order valence-electron chi connectivity index (χ2n) is 4.51. The van der Waals surface area contributed by atoms with E-state index < -0.39 is 11.3 Å². The fourth-order valence-electron chi connectivity index (χ4n) is 1.19. The molecule has 0 amide bonds. The van der Waals surface area contributed by atoms with E-state index in [0.717, 1.165) is 0 Å². The molecular formula is C12H13F2N. The fraction of sp³-hybridized carbons (Fsp3) is 0.417. The summed E-state index contributed by atoms with van der Waals surface area (Å²) in [6, 6.07) is 7.34. The third-order valence-corrected chi connectivity index (χ3v) is 2.32. The highest BCUT2D eigenvalue weighted by Gasteiger charge is 2.44. The molecule has 0 aliphatic heterocycles. The second-order valence-corrected chi connectivity index (χ2v) is 4.51. The molecule has 0 aliphatic carbocycles. The molecule has 0 spiro atoms. The van der Waals surface area contributed by atoms with Crippen LogP contribution in [0.3, 0.4) is 0 Å². The number of hydrogen-bond donors (Lipinski definition) is 0. The Hall–Kier alpha value is -1.43. The molecule has 0 atom stereocenters.